The van der Waals surface area contributed by atoms with Crippen molar-refractivity contribution in [2.24, 2.45) is 9.98 Å². The Morgan fingerprint density at radius 3 is 3.13 bits per heavy atom. The van der Waals surface area contributed by atoms with Crippen LogP contribution < -0.4 is 5.32 Å². The number of nitrogens with zero attached hydrogens (tertiary/aromatic N) is 4. The van der Waals surface area contributed by atoms with E-state index >= 15 is 0 Å². The van der Waals surface area contributed by atoms with Gasteiger partial charge in [0.15, 0.2) is 0 Å². The zero-order valence-electron chi connectivity index (χ0n) is 8.34. The normalized spacial score (nSPS) is 15.5. The lowest BCUT2D eigenvalue weighted by atomic mass is 10.3. The summed E-state index contributed by atoms with van der Waals surface area (Å²) in [6.07, 6.45) is 5.38. The number of hydrogen-bond acceptors (Lipinski definition) is 4. The number of aromatic nitrogens is 2. The minimum absolute atomic E-state index is 0.301. The van der Waals surface area contributed by atoms with E-state index < -0.39 is 0 Å². The molecular weight excluding hydrogens is 194 g/mol. The summed E-state index contributed by atoms with van der Waals surface area (Å²) in [5.41, 5.74) is 0.978. The van der Waals surface area contributed by atoms with Crippen LogP contribution in [0.25, 0.3) is 0 Å². The number of rotatable bonds is 0. The number of carbonyl (C=O) groups excluding carboxylic acids is 1. The van der Waals surface area contributed by atoms with Gasteiger partial charge in [0.1, 0.15) is 6.33 Å². The van der Waals surface area contributed by atoms with Crippen LogP contribution in [-0.2, 0) is 0 Å². The van der Waals surface area contributed by atoms with Crippen LogP contribution >= 0.6 is 0 Å². The van der Waals surface area contributed by atoms with Gasteiger partial charge in [-0.1, -0.05) is 0 Å². The first kappa shape index (κ1) is 9.57. The first-order chi connectivity index (χ1) is 7.25. The summed E-state index contributed by atoms with van der Waals surface area (Å²) < 4.78 is 1.34. The van der Waals surface area contributed by atoms with Crippen molar-refractivity contribution in [3.8, 4) is 0 Å². The average Bonchev–Trinajstić information content (AvgIpc) is 2.70. The molecule has 0 aromatic carbocycles. The largest absolute Gasteiger partial charge is 0.333 e. The van der Waals surface area contributed by atoms with E-state index in [2.05, 4.69) is 20.3 Å². The van der Waals surface area contributed by atoms with Crippen LogP contribution in [0.1, 0.15) is 13.3 Å². The maximum absolute atomic E-state index is 11.5. The molecule has 0 saturated carbocycles. The smallest absolute Gasteiger partial charge is 0.276 e. The fraction of sp³-hybridized carbons (Fsp3) is 0.333. The van der Waals surface area contributed by atoms with E-state index in [4.69, 9.17) is 0 Å². The average molecular weight is 205 g/mol. The van der Waals surface area contributed by atoms with Crippen LogP contribution in [0.5, 0.6) is 0 Å². The molecule has 6 nitrogen and oxygen atoms in total. The second-order valence-corrected chi connectivity index (χ2v) is 3.20. The van der Waals surface area contributed by atoms with E-state index in [0.717, 1.165) is 12.1 Å². The van der Waals surface area contributed by atoms with Gasteiger partial charge in [-0.3, -0.25) is 14.9 Å². The highest BCUT2D eigenvalue weighted by atomic mass is 16.2. The van der Waals surface area contributed by atoms with Gasteiger partial charge in [-0.15, -0.1) is 0 Å². The van der Waals surface area contributed by atoms with Crippen molar-refractivity contribution in [1.82, 2.24) is 14.9 Å². The highest BCUT2D eigenvalue weighted by Crippen LogP contribution is 1.97. The third-order valence-electron chi connectivity index (χ3n) is 1.99. The lowest BCUT2D eigenvalue weighted by molar-refractivity contribution is 0.246. The predicted molar refractivity (Wildman–Crippen MR) is 56.2 cm³/mol. The molecule has 0 fully saturated rings. The number of nitrogens with one attached hydrogen (secondary N) is 1. The second kappa shape index (κ2) is 4.04. The molecule has 1 N–H and O–H groups in total. The van der Waals surface area contributed by atoms with Crippen molar-refractivity contribution in [3.63, 3.8) is 0 Å². The Hall–Kier alpha value is -1.98. The van der Waals surface area contributed by atoms with Crippen molar-refractivity contribution >= 4 is 17.7 Å². The summed E-state index contributed by atoms with van der Waals surface area (Å²) >= 11 is 0. The second-order valence-electron chi connectivity index (χ2n) is 3.20. The lowest BCUT2D eigenvalue weighted by Gasteiger charge is -2.09. The van der Waals surface area contributed by atoms with Gasteiger partial charge in [-0.2, -0.15) is 0 Å². The maximum Gasteiger partial charge on any atom is 0.333 e. The molecule has 2 rings (SSSR count). The highest BCUT2D eigenvalue weighted by molar-refractivity contribution is 6.04. The van der Waals surface area contributed by atoms with Crippen LogP contribution in [0.3, 0.4) is 0 Å². The van der Waals surface area contributed by atoms with Crippen molar-refractivity contribution in [2.75, 3.05) is 6.54 Å². The van der Waals surface area contributed by atoms with Gasteiger partial charge in [-0.05, 0) is 6.92 Å². The topological polar surface area (TPSA) is 71.6 Å². The molecule has 78 valence electrons. The molecular formula is C9H11N5O. The van der Waals surface area contributed by atoms with E-state index in [1.165, 1.54) is 17.1 Å². The van der Waals surface area contributed by atoms with Crippen molar-refractivity contribution in [3.05, 3.63) is 18.7 Å². The van der Waals surface area contributed by atoms with Crippen LogP contribution in [0, 0.1) is 0 Å². The summed E-state index contributed by atoms with van der Waals surface area (Å²) in [6.45, 7) is 2.59. The quantitative estimate of drug-likeness (QED) is 0.675. The number of aliphatic imine (C=N–C) groups is 2. The van der Waals surface area contributed by atoms with Gasteiger partial charge in [-0.25, -0.2) is 14.8 Å². The third kappa shape index (κ3) is 2.28. The Bertz CT molecular complexity index is 418. The van der Waals surface area contributed by atoms with E-state index in [9.17, 15) is 4.79 Å². The summed E-state index contributed by atoms with van der Waals surface area (Å²) in [7, 11) is 0. The van der Waals surface area contributed by atoms with Crippen molar-refractivity contribution in [1.29, 1.82) is 0 Å². The van der Waals surface area contributed by atoms with Gasteiger partial charge in [0.05, 0.1) is 0 Å². The minimum atomic E-state index is -0.301. The third-order valence-corrected chi connectivity index (χ3v) is 1.99. The molecule has 1 aliphatic rings. The fourth-order valence-corrected chi connectivity index (χ4v) is 1.20. The summed E-state index contributed by atoms with van der Waals surface area (Å²) in [5, 5.41) is 2.60. The highest BCUT2D eigenvalue weighted by Gasteiger charge is 2.09. The van der Waals surface area contributed by atoms with Gasteiger partial charge in [0.2, 0.25) is 5.96 Å². The van der Waals surface area contributed by atoms with Crippen molar-refractivity contribution < 1.29 is 4.79 Å². The van der Waals surface area contributed by atoms with E-state index in [-0.39, 0.29) is 6.03 Å². The van der Waals surface area contributed by atoms with Gasteiger partial charge >= 0.3 is 6.03 Å². The molecule has 0 atom stereocenters. The number of guanidine groups is 1. The van der Waals surface area contributed by atoms with Crippen LogP contribution in [0.15, 0.2) is 28.7 Å². The van der Waals surface area contributed by atoms with E-state index in [1.807, 2.05) is 6.92 Å². The van der Waals surface area contributed by atoms with Gasteiger partial charge < -0.3 is 0 Å². The molecule has 0 unspecified atom stereocenters. The Kier molecular flexibility index (Phi) is 2.57. The molecule has 0 radical (unpaired) electrons. The van der Waals surface area contributed by atoms with Crippen LogP contribution in [0.2, 0.25) is 0 Å². The Labute approximate surface area is 86.8 Å². The number of imidazole rings is 1. The molecule has 1 aromatic rings. The molecule has 1 aromatic heterocycles. The van der Waals surface area contributed by atoms with Gasteiger partial charge in [0, 0.05) is 31.1 Å². The monoisotopic (exact) mass is 205 g/mol. The molecule has 0 bridgehead atoms. The Balaban J connectivity index is 2.04. The lowest BCUT2D eigenvalue weighted by Crippen LogP contribution is -2.34. The first-order valence-electron chi connectivity index (χ1n) is 4.63. The summed E-state index contributed by atoms with van der Waals surface area (Å²) in [4.78, 5) is 23.5. The Morgan fingerprint density at radius 2 is 2.47 bits per heavy atom. The van der Waals surface area contributed by atoms with Crippen LogP contribution in [0.4, 0.5) is 4.79 Å². The zero-order valence-corrected chi connectivity index (χ0v) is 8.34. The molecule has 0 aliphatic carbocycles. The zero-order chi connectivity index (χ0) is 10.7. The molecule has 1 amide bonds. The molecule has 0 spiro atoms. The number of carbonyl (C=O) groups is 1. The fourth-order valence-electron chi connectivity index (χ4n) is 1.20. The minimum Gasteiger partial charge on any atom is -0.276 e. The maximum atomic E-state index is 11.5. The summed E-state index contributed by atoms with van der Waals surface area (Å²) in [5.74, 6) is 0.373. The van der Waals surface area contributed by atoms with E-state index in [1.54, 1.807) is 6.20 Å². The van der Waals surface area contributed by atoms with Gasteiger partial charge in [0.25, 0.3) is 0 Å². The van der Waals surface area contributed by atoms with Crippen molar-refractivity contribution in [2.45, 2.75) is 13.3 Å². The summed E-state index contributed by atoms with van der Waals surface area (Å²) in [6, 6.07) is -0.301. The SMILES string of the molecule is CC1=NC(NC(=O)n2ccnc2)=NCC1. The van der Waals surface area contributed by atoms with E-state index in [0.29, 0.717) is 12.5 Å². The standard InChI is InChI=1S/C9H11N5O/c1-7-2-3-11-8(12-7)13-9(15)14-5-4-10-6-14/h4-6H,2-3H2,1H3,(H,11,13,15). The van der Waals surface area contributed by atoms with Crippen LogP contribution in [-0.4, -0.2) is 33.8 Å². The molecule has 15 heavy (non-hydrogen) atoms. The number of hydrogen-bond donors (Lipinski definition) is 1. The molecule has 1 aliphatic heterocycles. The predicted octanol–water partition coefficient (Wildman–Crippen LogP) is 0.661. The molecule has 6 heteroatoms. The molecule has 2 heterocycles. The Morgan fingerprint density at radius 1 is 1.60 bits per heavy atom. The first-order valence-corrected chi connectivity index (χ1v) is 4.63. The number of amides is 1. The molecule has 0 saturated heterocycles.